The van der Waals surface area contributed by atoms with Crippen LogP contribution in [-0.4, -0.2) is 16.5 Å². The molecule has 0 atom stereocenters. The van der Waals surface area contributed by atoms with Crippen LogP contribution in [0.4, 0.5) is 17.3 Å². The Kier molecular flexibility index (Phi) is 5.46. The van der Waals surface area contributed by atoms with E-state index < -0.39 is 0 Å². The van der Waals surface area contributed by atoms with E-state index >= 15 is 0 Å². The lowest BCUT2D eigenvalue weighted by Gasteiger charge is -2.12. The Labute approximate surface area is 136 Å². The average molecular weight is 376 g/mol. The third kappa shape index (κ3) is 3.75. The monoisotopic (exact) mass is 374 g/mol. The summed E-state index contributed by atoms with van der Waals surface area (Å²) in [6, 6.07) is 5.22. The van der Waals surface area contributed by atoms with Gasteiger partial charge in [-0.3, -0.25) is 0 Å². The zero-order chi connectivity index (χ0) is 14.5. The first-order chi connectivity index (χ1) is 9.61. The van der Waals surface area contributed by atoms with Gasteiger partial charge in [0.2, 0.25) is 0 Å². The summed E-state index contributed by atoms with van der Waals surface area (Å²) in [5, 5.41) is 7.54. The third-order valence-corrected chi connectivity index (χ3v) is 3.83. The molecule has 0 amide bonds. The summed E-state index contributed by atoms with van der Waals surface area (Å²) in [6.45, 7) is 2.93. The van der Waals surface area contributed by atoms with E-state index in [0.29, 0.717) is 21.6 Å². The molecule has 0 fully saturated rings. The van der Waals surface area contributed by atoms with Gasteiger partial charge in [-0.05, 0) is 40.5 Å². The van der Waals surface area contributed by atoms with Crippen molar-refractivity contribution in [2.75, 3.05) is 17.2 Å². The number of aromatic nitrogens is 2. The molecule has 0 unspecified atom stereocenters. The molecule has 106 valence electrons. The van der Waals surface area contributed by atoms with Crippen molar-refractivity contribution < 1.29 is 0 Å². The Hall–Kier alpha value is -1.04. The topological polar surface area (TPSA) is 49.8 Å². The standard InChI is InChI=1S/C13H13BrCl2N4/c1-2-5-17-12-11(14)13(19-7-18-12)20-10-6-8(15)3-4-9(10)16/h3-4,6-7H,2,5H2,1H3,(H2,17,18,19,20). The number of anilines is 3. The maximum absolute atomic E-state index is 6.13. The smallest absolute Gasteiger partial charge is 0.150 e. The minimum atomic E-state index is 0.572. The summed E-state index contributed by atoms with van der Waals surface area (Å²) in [5.74, 6) is 1.37. The number of halogens is 3. The fourth-order valence-corrected chi connectivity index (χ4v) is 2.33. The van der Waals surface area contributed by atoms with E-state index in [2.05, 4.69) is 43.5 Å². The quantitative estimate of drug-likeness (QED) is 0.762. The van der Waals surface area contributed by atoms with Gasteiger partial charge < -0.3 is 10.6 Å². The van der Waals surface area contributed by atoms with Crippen LogP contribution >= 0.6 is 39.1 Å². The highest BCUT2D eigenvalue weighted by molar-refractivity contribution is 9.10. The molecular weight excluding hydrogens is 363 g/mol. The number of rotatable bonds is 5. The Bertz CT molecular complexity index is 607. The summed E-state index contributed by atoms with van der Waals surface area (Å²) in [6.07, 6.45) is 2.50. The molecule has 1 heterocycles. The SMILES string of the molecule is CCCNc1ncnc(Nc2cc(Cl)ccc2Cl)c1Br. The molecule has 1 aromatic heterocycles. The minimum absolute atomic E-state index is 0.572. The van der Waals surface area contributed by atoms with Gasteiger partial charge in [-0.1, -0.05) is 30.1 Å². The maximum atomic E-state index is 6.13. The first-order valence-corrected chi connectivity index (χ1v) is 7.63. The van der Waals surface area contributed by atoms with Crippen LogP contribution in [0, 0.1) is 0 Å². The number of hydrogen-bond donors (Lipinski definition) is 2. The molecule has 0 aliphatic heterocycles. The van der Waals surface area contributed by atoms with Crippen LogP contribution in [0.3, 0.4) is 0 Å². The molecule has 0 saturated heterocycles. The van der Waals surface area contributed by atoms with Crippen molar-refractivity contribution in [1.29, 1.82) is 0 Å². The van der Waals surface area contributed by atoms with Crippen molar-refractivity contribution in [3.05, 3.63) is 39.0 Å². The molecule has 0 radical (unpaired) electrons. The number of hydrogen-bond acceptors (Lipinski definition) is 4. The molecular formula is C13H13BrCl2N4. The molecule has 0 spiro atoms. The van der Waals surface area contributed by atoms with Crippen LogP contribution in [0.1, 0.15) is 13.3 Å². The first-order valence-electron chi connectivity index (χ1n) is 6.08. The fraction of sp³-hybridized carbons (Fsp3) is 0.231. The van der Waals surface area contributed by atoms with E-state index in [4.69, 9.17) is 23.2 Å². The molecule has 0 saturated carbocycles. The lowest BCUT2D eigenvalue weighted by atomic mass is 10.3. The highest BCUT2D eigenvalue weighted by Gasteiger charge is 2.10. The number of benzene rings is 1. The van der Waals surface area contributed by atoms with Crippen LogP contribution < -0.4 is 10.6 Å². The van der Waals surface area contributed by atoms with Gasteiger partial charge in [-0.15, -0.1) is 0 Å². The molecule has 1 aromatic carbocycles. The van der Waals surface area contributed by atoms with Crippen LogP contribution in [0.25, 0.3) is 0 Å². The minimum Gasteiger partial charge on any atom is -0.369 e. The van der Waals surface area contributed by atoms with Crippen LogP contribution in [-0.2, 0) is 0 Å². The van der Waals surface area contributed by atoms with Gasteiger partial charge in [0.05, 0.1) is 10.7 Å². The van der Waals surface area contributed by atoms with Gasteiger partial charge in [0.1, 0.15) is 22.4 Å². The van der Waals surface area contributed by atoms with E-state index in [1.807, 2.05) is 0 Å². The lowest BCUT2D eigenvalue weighted by Crippen LogP contribution is -2.05. The molecule has 2 rings (SSSR count). The largest absolute Gasteiger partial charge is 0.369 e. The van der Waals surface area contributed by atoms with Crippen molar-refractivity contribution in [2.45, 2.75) is 13.3 Å². The molecule has 0 bridgehead atoms. The van der Waals surface area contributed by atoms with Gasteiger partial charge >= 0.3 is 0 Å². The van der Waals surface area contributed by atoms with Crippen LogP contribution in [0.2, 0.25) is 10.0 Å². The fourth-order valence-electron chi connectivity index (χ4n) is 1.54. The second-order valence-electron chi connectivity index (χ2n) is 4.06. The summed E-state index contributed by atoms with van der Waals surface area (Å²) >= 11 is 15.6. The third-order valence-electron chi connectivity index (χ3n) is 2.51. The zero-order valence-corrected chi connectivity index (χ0v) is 13.8. The van der Waals surface area contributed by atoms with Crippen molar-refractivity contribution in [3.8, 4) is 0 Å². The molecule has 4 nitrogen and oxygen atoms in total. The highest BCUT2D eigenvalue weighted by Crippen LogP contribution is 2.32. The van der Waals surface area contributed by atoms with Crippen molar-refractivity contribution >= 4 is 56.5 Å². The first kappa shape index (κ1) is 15.4. The summed E-state index contributed by atoms with van der Waals surface area (Å²) in [4.78, 5) is 8.39. The van der Waals surface area contributed by atoms with Crippen LogP contribution in [0.15, 0.2) is 29.0 Å². The number of nitrogens with zero attached hydrogens (tertiary/aromatic N) is 2. The van der Waals surface area contributed by atoms with E-state index in [-0.39, 0.29) is 0 Å². The average Bonchev–Trinajstić information content (AvgIpc) is 2.44. The van der Waals surface area contributed by atoms with E-state index in [1.54, 1.807) is 18.2 Å². The Morgan fingerprint density at radius 3 is 2.70 bits per heavy atom. The predicted molar refractivity (Wildman–Crippen MR) is 88.3 cm³/mol. The summed E-state index contributed by atoms with van der Waals surface area (Å²) in [7, 11) is 0. The summed E-state index contributed by atoms with van der Waals surface area (Å²) < 4.78 is 0.754. The molecule has 20 heavy (non-hydrogen) atoms. The molecule has 0 aliphatic carbocycles. The normalized spacial score (nSPS) is 10.4. The van der Waals surface area contributed by atoms with Crippen LogP contribution in [0.5, 0.6) is 0 Å². The van der Waals surface area contributed by atoms with E-state index in [1.165, 1.54) is 6.33 Å². The Morgan fingerprint density at radius 1 is 1.20 bits per heavy atom. The van der Waals surface area contributed by atoms with Gasteiger partial charge in [-0.2, -0.15) is 0 Å². The number of nitrogens with one attached hydrogen (secondary N) is 2. The Morgan fingerprint density at radius 2 is 1.95 bits per heavy atom. The molecule has 2 aromatic rings. The summed E-state index contributed by atoms with van der Waals surface area (Å²) in [5.41, 5.74) is 0.694. The van der Waals surface area contributed by atoms with Crippen molar-refractivity contribution in [1.82, 2.24) is 9.97 Å². The van der Waals surface area contributed by atoms with E-state index in [0.717, 1.165) is 23.3 Å². The van der Waals surface area contributed by atoms with Gasteiger partial charge in [0.25, 0.3) is 0 Å². The molecule has 2 N–H and O–H groups in total. The van der Waals surface area contributed by atoms with Gasteiger partial charge in [0.15, 0.2) is 0 Å². The van der Waals surface area contributed by atoms with E-state index in [9.17, 15) is 0 Å². The van der Waals surface area contributed by atoms with Crippen molar-refractivity contribution in [3.63, 3.8) is 0 Å². The predicted octanol–water partition coefficient (Wildman–Crippen LogP) is 5.11. The van der Waals surface area contributed by atoms with Gasteiger partial charge in [0, 0.05) is 11.6 Å². The molecule has 7 heteroatoms. The van der Waals surface area contributed by atoms with Gasteiger partial charge in [-0.25, -0.2) is 9.97 Å². The van der Waals surface area contributed by atoms with Crippen molar-refractivity contribution in [2.24, 2.45) is 0 Å². The second-order valence-corrected chi connectivity index (χ2v) is 5.70. The Balaban J connectivity index is 2.27. The molecule has 0 aliphatic rings. The lowest BCUT2D eigenvalue weighted by molar-refractivity contribution is 0.962. The maximum Gasteiger partial charge on any atom is 0.150 e. The highest BCUT2D eigenvalue weighted by atomic mass is 79.9. The second kappa shape index (κ2) is 7.11. The zero-order valence-electron chi connectivity index (χ0n) is 10.8.